The number of hydrogen-bond donors (Lipinski definition) is 2. The van der Waals surface area contributed by atoms with Crippen molar-refractivity contribution in [3.63, 3.8) is 0 Å². The van der Waals surface area contributed by atoms with Gasteiger partial charge in [0.05, 0.1) is 21.8 Å². The molecule has 0 radical (unpaired) electrons. The molecule has 0 aliphatic rings. The Labute approximate surface area is 157 Å². The molecule has 134 valence electrons. The largest absolute Gasteiger partial charge is 0.481 e. The average Bonchev–Trinajstić information content (AvgIpc) is 2.60. The van der Waals surface area contributed by atoms with Gasteiger partial charge in [-0.1, -0.05) is 17.7 Å². The monoisotopic (exact) mass is 393 g/mol. The number of aliphatic carboxylic acids is 1. The number of amides is 1. The van der Waals surface area contributed by atoms with Crippen molar-refractivity contribution in [3.05, 3.63) is 68.7 Å². The zero-order chi connectivity index (χ0) is 19.1. The Morgan fingerprint density at radius 3 is 2.58 bits per heavy atom. The Bertz CT molecular complexity index is 871. The zero-order valence-electron chi connectivity index (χ0n) is 13.1. The van der Waals surface area contributed by atoms with Crippen molar-refractivity contribution < 1.29 is 19.6 Å². The highest BCUT2D eigenvalue weighted by atomic mass is 35.5. The molecule has 8 nitrogen and oxygen atoms in total. The molecular formula is C16H12ClN3O5S. The van der Waals surface area contributed by atoms with Crippen LogP contribution in [0.5, 0.6) is 0 Å². The predicted molar refractivity (Wildman–Crippen MR) is 98.0 cm³/mol. The fourth-order valence-corrected chi connectivity index (χ4v) is 2.70. The van der Waals surface area contributed by atoms with E-state index in [1.165, 1.54) is 36.5 Å². The standard InChI is InChI=1S/C16H12ClN3O5S/c17-12-4-2-11(3-5-12)16(23)19-18-8-10-1-6-14(26-9-15(21)22)13(7-10)20(24)25/h1-8H,9H2,(H,19,23)(H,21,22)/b18-8+. The maximum absolute atomic E-state index is 11.9. The first-order chi connectivity index (χ1) is 12.4. The van der Waals surface area contributed by atoms with E-state index in [0.717, 1.165) is 11.8 Å². The first-order valence-electron chi connectivity index (χ1n) is 7.09. The van der Waals surface area contributed by atoms with Crippen LogP contribution in [0.15, 0.2) is 52.5 Å². The van der Waals surface area contributed by atoms with Crippen molar-refractivity contribution in [2.45, 2.75) is 4.90 Å². The number of rotatable bonds is 7. The second-order valence-electron chi connectivity index (χ2n) is 4.87. The van der Waals surface area contributed by atoms with E-state index in [4.69, 9.17) is 16.7 Å². The van der Waals surface area contributed by atoms with E-state index in [9.17, 15) is 19.7 Å². The summed E-state index contributed by atoms with van der Waals surface area (Å²) in [6, 6.07) is 10.4. The number of benzene rings is 2. The predicted octanol–water partition coefficient (Wildman–Crippen LogP) is 3.19. The van der Waals surface area contributed by atoms with Gasteiger partial charge in [-0.05, 0) is 30.3 Å². The van der Waals surface area contributed by atoms with Crippen LogP contribution in [0, 0.1) is 10.1 Å². The molecular weight excluding hydrogens is 382 g/mol. The first-order valence-corrected chi connectivity index (χ1v) is 8.45. The summed E-state index contributed by atoms with van der Waals surface area (Å²) in [5, 5.41) is 24.1. The molecule has 26 heavy (non-hydrogen) atoms. The smallest absolute Gasteiger partial charge is 0.313 e. The number of nitrogens with zero attached hydrogens (tertiary/aromatic N) is 2. The minimum absolute atomic E-state index is 0.232. The molecule has 0 spiro atoms. The lowest BCUT2D eigenvalue weighted by Gasteiger charge is -2.03. The van der Waals surface area contributed by atoms with Crippen LogP contribution in [0.1, 0.15) is 15.9 Å². The molecule has 2 aromatic carbocycles. The third-order valence-electron chi connectivity index (χ3n) is 3.02. The lowest BCUT2D eigenvalue weighted by molar-refractivity contribution is -0.387. The Morgan fingerprint density at radius 1 is 1.27 bits per heavy atom. The molecule has 0 unspecified atom stereocenters. The number of carboxylic acid groups (broad SMARTS) is 1. The van der Waals surface area contributed by atoms with E-state index < -0.39 is 16.8 Å². The van der Waals surface area contributed by atoms with Crippen LogP contribution in [0.25, 0.3) is 0 Å². The van der Waals surface area contributed by atoms with Crippen LogP contribution >= 0.6 is 23.4 Å². The molecule has 0 aliphatic carbocycles. The van der Waals surface area contributed by atoms with Gasteiger partial charge in [0.25, 0.3) is 11.6 Å². The molecule has 10 heteroatoms. The number of carbonyl (C=O) groups excluding carboxylic acids is 1. The van der Waals surface area contributed by atoms with E-state index in [-0.39, 0.29) is 16.3 Å². The Hall–Kier alpha value is -2.91. The molecule has 0 heterocycles. The van der Waals surface area contributed by atoms with E-state index in [0.29, 0.717) is 16.1 Å². The summed E-state index contributed by atoms with van der Waals surface area (Å²) in [7, 11) is 0. The number of hydrogen-bond acceptors (Lipinski definition) is 6. The zero-order valence-corrected chi connectivity index (χ0v) is 14.7. The summed E-state index contributed by atoms with van der Waals surface area (Å²) in [4.78, 5) is 33.3. The van der Waals surface area contributed by atoms with Gasteiger partial charge in [-0.3, -0.25) is 19.7 Å². The minimum Gasteiger partial charge on any atom is -0.481 e. The van der Waals surface area contributed by atoms with Crippen molar-refractivity contribution in [2.75, 3.05) is 5.75 Å². The number of thioether (sulfide) groups is 1. The maximum Gasteiger partial charge on any atom is 0.313 e. The molecule has 1 amide bonds. The summed E-state index contributed by atoms with van der Waals surface area (Å²) < 4.78 is 0. The van der Waals surface area contributed by atoms with Crippen LogP contribution in [-0.2, 0) is 4.79 Å². The highest BCUT2D eigenvalue weighted by Gasteiger charge is 2.15. The quantitative estimate of drug-likeness (QED) is 0.322. The Kier molecular flexibility index (Phi) is 6.70. The van der Waals surface area contributed by atoms with Gasteiger partial charge in [0.2, 0.25) is 0 Å². The van der Waals surface area contributed by atoms with Gasteiger partial charge >= 0.3 is 5.97 Å². The number of halogens is 1. The lowest BCUT2D eigenvalue weighted by Crippen LogP contribution is -2.17. The Morgan fingerprint density at radius 2 is 1.96 bits per heavy atom. The van der Waals surface area contributed by atoms with Gasteiger partial charge in [0.1, 0.15) is 0 Å². The molecule has 0 saturated heterocycles. The molecule has 2 rings (SSSR count). The highest BCUT2D eigenvalue weighted by Crippen LogP contribution is 2.29. The highest BCUT2D eigenvalue weighted by molar-refractivity contribution is 8.00. The van der Waals surface area contributed by atoms with Gasteiger partial charge in [-0.15, -0.1) is 11.8 Å². The first kappa shape index (κ1) is 19.4. The normalized spacial score (nSPS) is 10.7. The SMILES string of the molecule is O=C(O)CSc1ccc(/C=N/NC(=O)c2ccc(Cl)cc2)cc1[N+](=O)[O-]. The van der Waals surface area contributed by atoms with Gasteiger partial charge in [-0.25, -0.2) is 5.43 Å². The van der Waals surface area contributed by atoms with Crippen LogP contribution < -0.4 is 5.43 Å². The molecule has 2 aromatic rings. The second-order valence-corrected chi connectivity index (χ2v) is 6.33. The molecule has 0 bridgehead atoms. The summed E-state index contributed by atoms with van der Waals surface area (Å²) in [6.07, 6.45) is 1.26. The number of carboxylic acids is 1. The summed E-state index contributed by atoms with van der Waals surface area (Å²) in [6.45, 7) is 0. The molecule has 0 atom stereocenters. The fourth-order valence-electron chi connectivity index (χ4n) is 1.85. The van der Waals surface area contributed by atoms with Crippen molar-refractivity contribution in [2.24, 2.45) is 5.10 Å². The number of nitrogens with one attached hydrogen (secondary N) is 1. The average molecular weight is 394 g/mol. The van der Waals surface area contributed by atoms with Gasteiger partial charge in [-0.2, -0.15) is 5.10 Å². The summed E-state index contributed by atoms with van der Waals surface area (Å²) in [5.74, 6) is -1.81. The van der Waals surface area contributed by atoms with Crippen molar-refractivity contribution in [1.82, 2.24) is 5.43 Å². The van der Waals surface area contributed by atoms with E-state index in [1.807, 2.05) is 0 Å². The van der Waals surface area contributed by atoms with E-state index in [1.54, 1.807) is 12.1 Å². The van der Waals surface area contributed by atoms with Gasteiger partial charge in [0, 0.05) is 22.2 Å². The van der Waals surface area contributed by atoms with Crippen molar-refractivity contribution in [3.8, 4) is 0 Å². The van der Waals surface area contributed by atoms with E-state index in [2.05, 4.69) is 10.5 Å². The number of carbonyl (C=O) groups is 2. The van der Waals surface area contributed by atoms with Gasteiger partial charge < -0.3 is 5.11 Å². The second kappa shape index (κ2) is 8.97. The summed E-state index contributed by atoms with van der Waals surface area (Å²) >= 11 is 6.60. The van der Waals surface area contributed by atoms with Crippen LogP contribution in [0.2, 0.25) is 5.02 Å². The lowest BCUT2D eigenvalue weighted by atomic mass is 10.2. The summed E-state index contributed by atoms with van der Waals surface area (Å²) in [5.41, 5.74) is 2.81. The Balaban J connectivity index is 2.08. The molecule has 0 aliphatic heterocycles. The van der Waals surface area contributed by atoms with Crippen LogP contribution in [0.4, 0.5) is 5.69 Å². The molecule has 0 saturated carbocycles. The number of hydrazone groups is 1. The number of nitro benzene ring substituents is 1. The minimum atomic E-state index is -1.07. The topological polar surface area (TPSA) is 122 Å². The molecule has 0 aromatic heterocycles. The van der Waals surface area contributed by atoms with Crippen molar-refractivity contribution in [1.29, 1.82) is 0 Å². The third-order valence-corrected chi connectivity index (χ3v) is 4.32. The third kappa shape index (κ3) is 5.57. The molecule has 2 N–H and O–H groups in total. The number of nitro groups is 1. The van der Waals surface area contributed by atoms with Gasteiger partial charge in [0.15, 0.2) is 0 Å². The van der Waals surface area contributed by atoms with Crippen LogP contribution in [0.3, 0.4) is 0 Å². The van der Waals surface area contributed by atoms with Crippen molar-refractivity contribution >= 4 is 47.1 Å². The maximum atomic E-state index is 11.9. The molecule has 0 fully saturated rings. The fraction of sp³-hybridized carbons (Fsp3) is 0.0625. The van der Waals surface area contributed by atoms with E-state index >= 15 is 0 Å². The van der Waals surface area contributed by atoms with Crippen LogP contribution in [-0.4, -0.2) is 33.9 Å².